The van der Waals surface area contributed by atoms with Gasteiger partial charge < -0.3 is 14.2 Å². The van der Waals surface area contributed by atoms with Crippen LogP contribution in [0.15, 0.2) is 0 Å². The zero-order valence-corrected chi connectivity index (χ0v) is 18.3. The first-order valence-electron chi connectivity index (χ1n) is 9.24. The zero-order chi connectivity index (χ0) is 20.3. The third kappa shape index (κ3) is 9.01. The number of rotatable bonds is 12. The summed E-state index contributed by atoms with van der Waals surface area (Å²) >= 11 is 3.16. The van der Waals surface area contributed by atoms with E-state index in [-0.39, 0.29) is 55.5 Å². The molecule has 0 radical (unpaired) electrons. The Morgan fingerprint density at radius 3 is 1.96 bits per heavy atom. The van der Waals surface area contributed by atoms with E-state index in [0.29, 0.717) is 11.8 Å². The van der Waals surface area contributed by atoms with E-state index < -0.39 is 11.8 Å². The molecule has 0 spiro atoms. The highest BCUT2D eigenvalue weighted by Crippen LogP contribution is 2.33. The van der Waals surface area contributed by atoms with Gasteiger partial charge in [0.15, 0.2) is 0 Å². The molecule has 152 valence electrons. The van der Waals surface area contributed by atoms with E-state index in [1.807, 2.05) is 20.8 Å². The number of ether oxygens (including phenoxy) is 3. The Hall–Kier alpha value is -1.11. The standard InChI is InChI=1S/C19H33BrO6/c1-7-15(19(23)25-11-10-24-16(21)8-9-20)17(12(2)3)14(6)18(22)26-13(4)5/h12-15,17H,7-11H2,1-6H3. The molecular formula is C19H33BrO6. The van der Waals surface area contributed by atoms with Crippen LogP contribution in [0.1, 0.15) is 54.4 Å². The summed E-state index contributed by atoms with van der Waals surface area (Å²) < 4.78 is 15.6. The molecule has 0 bridgehead atoms. The second kappa shape index (κ2) is 13.1. The number of hydrogen-bond donors (Lipinski definition) is 0. The van der Waals surface area contributed by atoms with E-state index in [4.69, 9.17) is 14.2 Å². The van der Waals surface area contributed by atoms with Gasteiger partial charge in [0.2, 0.25) is 0 Å². The third-order valence-electron chi connectivity index (χ3n) is 4.17. The molecular weight excluding hydrogens is 404 g/mol. The Kier molecular flexibility index (Phi) is 12.6. The minimum Gasteiger partial charge on any atom is -0.463 e. The molecule has 0 amide bonds. The second-order valence-corrected chi connectivity index (χ2v) is 7.73. The normalized spacial score (nSPS) is 14.7. The lowest BCUT2D eigenvalue weighted by atomic mass is 9.74. The highest BCUT2D eigenvalue weighted by molar-refractivity contribution is 9.09. The SMILES string of the molecule is CCC(C(=O)OCCOC(=O)CCBr)C(C(C)C)C(C)C(=O)OC(C)C. The van der Waals surface area contributed by atoms with Crippen LogP contribution in [-0.4, -0.2) is 42.6 Å². The Morgan fingerprint density at radius 1 is 0.923 bits per heavy atom. The minimum absolute atomic E-state index is 0.0129. The second-order valence-electron chi connectivity index (χ2n) is 6.94. The number of halogens is 1. The summed E-state index contributed by atoms with van der Waals surface area (Å²) in [5, 5.41) is 0.532. The molecule has 0 aliphatic carbocycles. The smallest absolute Gasteiger partial charge is 0.309 e. The molecule has 3 atom stereocenters. The maximum absolute atomic E-state index is 12.5. The first-order chi connectivity index (χ1) is 12.1. The molecule has 3 unspecified atom stereocenters. The molecule has 0 saturated carbocycles. The molecule has 0 aromatic rings. The Labute approximate surface area is 165 Å². The average Bonchev–Trinajstić information content (AvgIpc) is 2.54. The first-order valence-corrected chi connectivity index (χ1v) is 10.4. The molecule has 0 aliphatic rings. The van der Waals surface area contributed by atoms with Crippen molar-refractivity contribution in [1.82, 2.24) is 0 Å². The molecule has 0 rings (SSSR count). The van der Waals surface area contributed by atoms with Crippen LogP contribution in [-0.2, 0) is 28.6 Å². The van der Waals surface area contributed by atoms with Gasteiger partial charge in [0.05, 0.1) is 24.4 Å². The number of alkyl halides is 1. The highest BCUT2D eigenvalue weighted by atomic mass is 79.9. The summed E-state index contributed by atoms with van der Waals surface area (Å²) in [6, 6.07) is 0. The summed E-state index contributed by atoms with van der Waals surface area (Å²) in [6.45, 7) is 11.3. The predicted octanol–water partition coefficient (Wildman–Crippen LogP) is 3.74. The molecule has 0 heterocycles. The molecule has 0 aromatic carbocycles. The summed E-state index contributed by atoms with van der Waals surface area (Å²) in [6.07, 6.45) is 0.639. The fraction of sp³-hybridized carbons (Fsp3) is 0.842. The van der Waals surface area contributed by atoms with Gasteiger partial charge in [-0.2, -0.15) is 0 Å². The van der Waals surface area contributed by atoms with Gasteiger partial charge in [-0.25, -0.2) is 0 Å². The topological polar surface area (TPSA) is 78.9 Å². The van der Waals surface area contributed by atoms with Crippen molar-refractivity contribution in [3.8, 4) is 0 Å². The summed E-state index contributed by atoms with van der Waals surface area (Å²) in [5.74, 6) is -1.90. The van der Waals surface area contributed by atoms with Crippen molar-refractivity contribution in [2.45, 2.75) is 60.5 Å². The van der Waals surface area contributed by atoms with Crippen molar-refractivity contribution in [1.29, 1.82) is 0 Å². The van der Waals surface area contributed by atoms with Gasteiger partial charge >= 0.3 is 17.9 Å². The number of esters is 3. The number of hydrogen-bond acceptors (Lipinski definition) is 6. The summed E-state index contributed by atoms with van der Waals surface area (Å²) in [7, 11) is 0. The van der Waals surface area contributed by atoms with Gasteiger partial charge in [-0.1, -0.05) is 43.6 Å². The minimum atomic E-state index is -0.414. The Balaban J connectivity index is 4.81. The van der Waals surface area contributed by atoms with E-state index in [0.717, 1.165) is 0 Å². The molecule has 7 heteroatoms. The van der Waals surface area contributed by atoms with Gasteiger partial charge in [0.1, 0.15) is 13.2 Å². The van der Waals surface area contributed by atoms with Crippen molar-refractivity contribution in [3.05, 3.63) is 0 Å². The lowest BCUT2D eigenvalue weighted by Gasteiger charge is -2.32. The Bertz CT molecular complexity index is 449. The lowest BCUT2D eigenvalue weighted by molar-refractivity contribution is -0.162. The van der Waals surface area contributed by atoms with Crippen molar-refractivity contribution < 1.29 is 28.6 Å². The fourth-order valence-electron chi connectivity index (χ4n) is 3.04. The molecule has 0 N–H and O–H groups in total. The molecule has 26 heavy (non-hydrogen) atoms. The van der Waals surface area contributed by atoms with Crippen molar-refractivity contribution in [2.75, 3.05) is 18.5 Å². The molecule has 0 saturated heterocycles. The third-order valence-corrected chi connectivity index (χ3v) is 4.56. The van der Waals surface area contributed by atoms with E-state index in [2.05, 4.69) is 15.9 Å². The average molecular weight is 437 g/mol. The fourth-order valence-corrected chi connectivity index (χ4v) is 3.36. The van der Waals surface area contributed by atoms with Crippen LogP contribution in [0.5, 0.6) is 0 Å². The van der Waals surface area contributed by atoms with E-state index in [9.17, 15) is 14.4 Å². The number of carbonyl (C=O) groups excluding carboxylic acids is 3. The molecule has 0 aromatic heterocycles. The lowest BCUT2D eigenvalue weighted by Crippen LogP contribution is -2.38. The Morgan fingerprint density at radius 2 is 1.50 bits per heavy atom. The summed E-state index contributed by atoms with van der Waals surface area (Å²) in [5.41, 5.74) is 0. The molecule has 0 fully saturated rings. The van der Waals surface area contributed by atoms with Crippen molar-refractivity contribution in [3.63, 3.8) is 0 Å². The van der Waals surface area contributed by atoms with Crippen LogP contribution < -0.4 is 0 Å². The van der Waals surface area contributed by atoms with Gasteiger partial charge in [-0.3, -0.25) is 14.4 Å². The highest BCUT2D eigenvalue weighted by Gasteiger charge is 2.38. The van der Waals surface area contributed by atoms with E-state index in [1.54, 1.807) is 20.8 Å². The summed E-state index contributed by atoms with van der Waals surface area (Å²) in [4.78, 5) is 36.1. The van der Waals surface area contributed by atoms with Gasteiger partial charge in [-0.05, 0) is 32.1 Å². The maximum atomic E-state index is 12.5. The van der Waals surface area contributed by atoms with Crippen molar-refractivity contribution >= 4 is 33.8 Å². The van der Waals surface area contributed by atoms with Gasteiger partial charge in [0, 0.05) is 5.33 Å². The van der Waals surface area contributed by atoms with Crippen LogP contribution in [0.25, 0.3) is 0 Å². The number of carbonyl (C=O) groups is 3. The van der Waals surface area contributed by atoms with Gasteiger partial charge in [0.25, 0.3) is 0 Å². The van der Waals surface area contributed by atoms with Crippen LogP contribution in [0.3, 0.4) is 0 Å². The van der Waals surface area contributed by atoms with Crippen LogP contribution in [0, 0.1) is 23.7 Å². The van der Waals surface area contributed by atoms with Crippen LogP contribution in [0.4, 0.5) is 0 Å². The van der Waals surface area contributed by atoms with Crippen LogP contribution >= 0.6 is 15.9 Å². The molecule has 0 aliphatic heterocycles. The largest absolute Gasteiger partial charge is 0.463 e. The first kappa shape index (κ1) is 24.9. The zero-order valence-electron chi connectivity index (χ0n) is 16.7. The maximum Gasteiger partial charge on any atom is 0.309 e. The van der Waals surface area contributed by atoms with Crippen molar-refractivity contribution in [2.24, 2.45) is 23.7 Å². The monoisotopic (exact) mass is 436 g/mol. The van der Waals surface area contributed by atoms with E-state index in [1.165, 1.54) is 0 Å². The van der Waals surface area contributed by atoms with E-state index >= 15 is 0 Å². The molecule has 6 nitrogen and oxygen atoms in total. The van der Waals surface area contributed by atoms with Crippen LogP contribution in [0.2, 0.25) is 0 Å². The van der Waals surface area contributed by atoms with Gasteiger partial charge in [-0.15, -0.1) is 0 Å². The quantitative estimate of drug-likeness (QED) is 0.200. The predicted molar refractivity (Wildman–Crippen MR) is 103 cm³/mol.